The number of hydrogen-bond donors (Lipinski definition) is 0. The Balaban J connectivity index is 1.93. The number of aliphatic imine (C=N–C) groups is 1. The lowest BCUT2D eigenvalue weighted by Crippen LogP contribution is -2.10. The standard InChI is InChI=1S/C16H17NO2/c1-11-6-5-9-13(10-11)14-16(18)19-15(17-14)12-7-3-2-4-8-12/h2-4,7-8,11H,5-6,9-10H2,1H3/b14-13+. The molecular formula is C16H17NO2. The van der Waals surface area contributed by atoms with Gasteiger partial charge in [-0.25, -0.2) is 9.79 Å². The third-order valence-electron chi connectivity index (χ3n) is 3.72. The molecule has 0 bridgehead atoms. The summed E-state index contributed by atoms with van der Waals surface area (Å²) in [4.78, 5) is 16.4. The Labute approximate surface area is 113 Å². The van der Waals surface area contributed by atoms with Crippen molar-refractivity contribution >= 4 is 11.9 Å². The number of nitrogens with zero attached hydrogens (tertiary/aromatic N) is 1. The third-order valence-corrected chi connectivity index (χ3v) is 3.72. The van der Waals surface area contributed by atoms with Crippen molar-refractivity contribution in [3.63, 3.8) is 0 Å². The van der Waals surface area contributed by atoms with Gasteiger partial charge >= 0.3 is 5.97 Å². The summed E-state index contributed by atoms with van der Waals surface area (Å²) in [6, 6.07) is 9.58. The Morgan fingerprint density at radius 3 is 2.79 bits per heavy atom. The summed E-state index contributed by atoms with van der Waals surface area (Å²) in [5, 5.41) is 0. The fourth-order valence-corrected chi connectivity index (χ4v) is 2.74. The minimum absolute atomic E-state index is 0.289. The molecule has 0 spiro atoms. The van der Waals surface area contributed by atoms with Crippen molar-refractivity contribution in [3.8, 4) is 0 Å². The predicted octanol–water partition coefficient (Wildman–Crippen LogP) is 3.45. The number of carbonyl (C=O) groups is 1. The van der Waals surface area contributed by atoms with Crippen molar-refractivity contribution in [3.05, 3.63) is 47.2 Å². The van der Waals surface area contributed by atoms with Gasteiger partial charge in [0.15, 0.2) is 5.70 Å². The van der Waals surface area contributed by atoms with Crippen LogP contribution in [0.1, 0.15) is 38.2 Å². The van der Waals surface area contributed by atoms with E-state index in [1.54, 1.807) is 0 Å². The maximum absolute atomic E-state index is 12.0. The Morgan fingerprint density at radius 2 is 2.05 bits per heavy atom. The largest absolute Gasteiger partial charge is 0.402 e. The fourth-order valence-electron chi connectivity index (χ4n) is 2.74. The lowest BCUT2D eigenvalue weighted by Gasteiger charge is -2.20. The zero-order valence-electron chi connectivity index (χ0n) is 11.1. The monoisotopic (exact) mass is 255 g/mol. The summed E-state index contributed by atoms with van der Waals surface area (Å²) < 4.78 is 5.30. The van der Waals surface area contributed by atoms with Crippen LogP contribution in [-0.4, -0.2) is 11.9 Å². The molecule has 0 aromatic heterocycles. The number of allylic oxidation sites excluding steroid dienone is 1. The van der Waals surface area contributed by atoms with Gasteiger partial charge in [0, 0.05) is 5.56 Å². The summed E-state index contributed by atoms with van der Waals surface area (Å²) in [5.41, 5.74) is 2.57. The summed E-state index contributed by atoms with van der Waals surface area (Å²) in [5.74, 6) is 0.786. The molecule has 1 saturated carbocycles. The smallest absolute Gasteiger partial charge is 0.363 e. The summed E-state index contributed by atoms with van der Waals surface area (Å²) in [6.07, 6.45) is 4.32. The first-order chi connectivity index (χ1) is 9.24. The molecule has 1 heterocycles. The average Bonchev–Trinajstić information content (AvgIpc) is 2.82. The maximum Gasteiger partial charge on any atom is 0.363 e. The second-order valence-electron chi connectivity index (χ2n) is 5.33. The Bertz CT molecular complexity index is 557. The highest BCUT2D eigenvalue weighted by Crippen LogP contribution is 2.32. The molecule has 0 N–H and O–H groups in total. The second kappa shape index (κ2) is 5.00. The molecule has 0 amide bonds. The summed E-state index contributed by atoms with van der Waals surface area (Å²) in [6.45, 7) is 2.22. The molecule has 1 aromatic carbocycles. The molecule has 0 radical (unpaired) electrons. The quantitative estimate of drug-likeness (QED) is 0.569. The van der Waals surface area contributed by atoms with Gasteiger partial charge in [0.2, 0.25) is 5.90 Å². The molecule has 2 aliphatic rings. The van der Waals surface area contributed by atoms with Gasteiger partial charge in [0.05, 0.1) is 0 Å². The van der Waals surface area contributed by atoms with Gasteiger partial charge in [0.1, 0.15) is 0 Å². The molecule has 3 heteroatoms. The van der Waals surface area contributed by atoms with E-state index in [1.807, 2.05) is 30.3 Å². The molecule has 1 aromatic rings. The predicted molar refractivity (Wildman–Crippen MR) is 73.7 cm³/mol. The lowest BCUT2D eigenvalue weighted by atomic mass is 9.86. The van der Waals surface area contributed by atoms with Crippen LogP contribution in [0.4, 0.5) is 0 Å². The molecule has 1 aliphatic carbocycles. The first kappa shape index (κ1) is 12.2. The zero-order valence-corrected chi connectivity index (χ0v) is 11.1. The number of hydrogen-bond acceptors (Lipinski definition) is 3. The summed E-state index contributed by atoms with van der Waals surface area (Å²) >= 11 is 0. The van der Waals surface area contributed by atoms with Crippen LogP contribution >= 0.6 is 0 Å². The minimum atomic E-state index is -0.289. The highest BCUT2D eigenvalue weighted by atomic mass is 16.6. The normalized spacial score (nSPS) is 27.1. The number of rotatable bonds is 1. The average molecular weight is 255 g/mol. The van der Waals surface area contributed by atoms with Crippen molar-refractivity contribution in [1.29, 1.82) is 0 Å². The highest BCUT2D eigenvalue weighted by Gasteiger charge is 2.28. The fraction of sp³-hybridized carbons (Fsp3) is 0.375. The van der Waals surface area contributed by atoms with Crippen molar-refractivity contribution in [2.45, 2.75) is 32.6 Å². The minimum Gasteiger partial charge on any atom is -0.402 e. The number of cyclic esters (lactones) is 1. The topological polar surface area (TPSA) is 38.7 Å². The molecule has 98 valence electrons. The van der Waals surface area contributed by atoms with Crippen LogP contribution < -0.4 is 0 Å². The van der Waals surface area contributed by atoms with E-state index in [2.05, 4.69) is 11.9 Å². The number of carbonyl (C=O) groups excluding carboxylic acids is 1. The number of esters is 1. The van der Waals surface area contributed by atoms with E-state index in [-0.39, 0.29) is 5.97 Å². The van der Waals surface area contributed by atoms with Crippen molar-refractivity contribution in [2.75, 3.05) is 0 Å². The number of benzene rings is 1. The summed E-state index contributed by atoms with van der Waals surface area (Å²) in [7, 11) is 0. The van der Waals surface area contributed by atoms with Crippen LogP contribution in [0.5, 0.6) is 0 Å². The Morgan fingerprint density at radius 1 is 1.26 bits per heavy atom. The van der Waals surface area contributed by atoms with Gasteiger partial charge in [0.25, 0.3) is 0 Å². The third kappa shape index (κ3) is 2.46. The lowest BCUT2D eigenvalue weighted by molar-refractivity contribution is -0.130. The molecule has 1 unspecified atom stereocenters. The van der Waals surface area contributed by atoms with Crippen LogP contribution in [0.25, 0.3) is 0 Å². The van der Waals surface area contributed by atoms with Crippen LogP contribution in [0.2, 0.25) is 0 Å². The molecule has 1 atom stereocenters. The van der Waals surface area contributed by atoms with Crippen LogP contribution in [0, 0.1) is 5.92 Å². The van der Waals surface area contributed by atoms with Gasteiger partial charge in [-0.15, -0.1) is 0 Å². The molecular weight excluding hydrogens is 238 g/mol. The van der Waals surface area contributed by atoms with Gasteiger partial charge in [-0.1, -0.05) is 31.5 Å². The van der Waals surface area contributed by atoms with E-state index in [4.69, 9.17) is 4.74 Å². The van der Waals surface area contributed by atoms with Gasteiger partial charge in [-0.05, 0) is 42.9 Å². The van der Waals surface area contributed by atoms with Crippen molar-refractivity contribution in [1.82, 2.24) is 0 Å². The van der Waals surface area contributed by atoms with E-state index >= 15 is 0 Å². The van der Waals surface area contributed by atoms with Crippen molar-refractivity contribution in [2.24, 2.45) is 10.9 Å². The second-order valence-corrected chi connectivity index (χ2v) is 5.33. The van der Waals surface area contributed by atoms with E-state index in [0.717, 1.165) is 30.4 Å². The molecule has 3 rings (SSSR count). The molecule has 1 fully saturated rings. The van der Waals surface area contributed by atoms with E-state index < -0.39 is 0 Å². The van der Waals surface area contributed by atoms with E-state index in [1.165, 1.54) is 6.42 Å². The Hall–Kier alpha value is -1.90. The van der Waals surface area contributed by atoms with E-state index in [9.17, 15) is 4.79 Å². The zero-order chi connectivity index (χ0) is 13.2. The number of ether oxygens (including phenoxy) is 1. The Kier molecular flexibility index (Phi) is 3.20. The van der Waals surface area contributed by atoms with Crippen molar-refractivity contribution < 1.29 is 9.53 Å². The van der Waals surface area contributed by atoms with Gasteiger partial charge < -0.3 is 4.74 Å². The molecule has 3 nitrogen and oxygen atoms in total. The van der Waals surface area contributed by atoms with Crippen LogP contribution in [0.3, 0.4) is 0 Å². The SMILES string of the molecule is CC1CCC/C(=C2\N=C(c3ccccc3)OC2=O)C1. The van der Waals surface area contributed by atoms with Crippen LogP contribution in [0.15, 0.2) is 46.6 Å². The first-order valence-corrected chi connectivity index (χ1v) is 6.82. The van der Waals surface area contributed by atoms with E-state index in [0.29, 0.717) is 17.5 Å². The first-order valence-electron chi connectivity index (χ1n) is 6.82. The maximum atomic E-state index is 12.0. The van der Waals surface area contributed by atoms with Gasteiger partial charge in [-0.3, -0.25) is 0 Å². The molecule has 1 aliphatic heterocycles. The molecule has 0 saturated heterocycles. The van der Waals surface area contributed by atoms with Crippen LogP contribution in [-0.2, 0) is 9.53 Å². The highest BCUT2D eigenvalue weighted by molar-refractivity contribution is 6.11. The van der Waals surface area contributed by atoms with Gasteiger partial charge in [-0.2, -0.15) is 0 Å². The molecule has 19 heavy (non-hydrogen) atoms.